The van der Waals surface area contributed by atoms with Crippen LogP contribution < -0.4 is 0 Å². The van der Waals surface area contributed by atoms with Crippen molar-refractivity contribution in [2.45, 2.75) is 45.7 Å². The first-order valence-corrected chi connectivity index (χ1v) is 8.26. The number of hydrogen-bond acceptors (Lipinski definition) is 2. The number of aryl methyl sites for hydroxylation is 1. The van der Waals surface area contributed by atoms with E-state index >= 15 is 0 Å². The molecule has 0 bridgehead atoms. The average molecular weight is 300 g/mol. The summed E-state index contributed by atoms with van der Waals surface area (Å²) in [6, 6.07) is 5.49. The van der Waals surface area contributed by atoms with Crippen molar-refractivity contribution in [3.8, 4) is 0 Å². The molecule has 0 amide bonds. The van der Waals surface area contributed by atoms with Crippen molar-refractivity contribution in [1.29, 1.82) is 0 Å². The number of benzene rings is 1. The van der Waals surface area contributed by atoms with E-state index in [-0.39, 0.29) is 0 Å². The lowest BCUT2D eigenvalue weighted by Gasteiger charge is -2.19. The quantitative estimate of drug-likeness (QED) is 0.935. The van der Waals surface area contributed by atoms with Gasteiger partial charge < -0.3 is 9.67 Å². The maximum absolute atomic E-state index is 11.2. The highest BCUT2D eigenvalue weighted by Crippen LogP contribution is 2.25. The Morgan fingerprint density at radius 3 is 2.55 bits per heavy atom. The van der Waals surface area contributed by atoms with Gasteiger partial charge in [-0.15, -0.1) is 0 Å². The monoisotopic (exact) mass is 300 g/mol. The molecule has 4 nitrogen and oxygen atoms in total. The molecule has 0 spiro atoms. The summed E-state index contributed by atoms with van der Waals surface area (Å²) in [7, 11) is 0. The summed E-state index contributed by atoms with van der Waals surface area (Å²) in [5.41, 5.74) is 2.71. The van der Waals surface area contributed by atoms with E-state index in [1.165, 1.54) is 49.7 Å². The summed E-state index contributed by atoms with van der Waals surface area (Å²) in [4.78, 5) is 13.7. The van der Waals surface area contributed by atoms with Gasteiger partial charge in [-0.2, -0.15) is 0 Å². The number of aromatic nitrogens is 1. The summed E-state index contributed by atoms with van der Waals surface area (Å²) in [6.45, 7) is 6.27. The first kappa shape index (κ1) is 15.1. The smallest absolute Gasteiger partial charge is 0.335 e. The Bertz CT molecular complexity index is 667. The van der Waals surface area contributed by atoms with Gasteiger partial charge in [0.2, 0.25) is 0 Å². The number of aromatic carboxylic acids is 1. The predicted octanol–water partition coefficient (Wildman–Crippen LogP) is 3.74. The van der Waals surface area contributed by atoms with Crippen LogP contribution in [0.25, 0.3) is 10.9 Å². The van der Waals surface area contributed by atoms with Gasteiger partial charge in [-0.05, 0) is 50.6 Å². The molecule has 1 saturated heterocycles. The fourth-order valence-electron chi connectivity index (χ4n) is 3.42. The standard InChI is InChI=1S/C18H24N2O2/c1-2-20-13-15(12-19-9-5-3-4-6-10-19)16-8-7-14(18(21)22)11-17(16)20/h7-8,11,13H,2-6,9-10,12H2,1H3,(H,21,22). The molecule has 2 aromatic rings. The molecule has 4 heteroatoms. The molecule has 22 heavy (non-hydrogen) atoms. The number of likely N-dealkylation sites (tertiary alicyclic amines) is 1. The van der Waals surface area contributed by atoms with Crippen molar-refractivity contribution in [2.24, 2.45) is 0 Å². The van der Waals surface area contributed by atoms with Gasteiger partial charge in [0.1, 0.15) is 0 Å². The van der Waals surface area contributed by atoms with Crippen molar-refractivity contribution < 1.29 is 9.90 Å². The Morgan fingerprint density at radius 2 is 1.91 bits per heavy atom. The predicted molar refractivity (Wildman–Crippen MR) is 88.3 cm³/mol. The SMILES string of the molecule is CCn1cc(CN2CCCCCC2)c2ccc(C(=O)O)cc21. The van der Waals surface area contributed by atoms with Gasteiger partial charge in [-0.1, -0.05) is 18.9 Å². The molecule has 1 aliphatic rings. The van der Waals surface area contributed by atoms with Crippen LogP contribution in [-0.2, 0) is 13.1 Å². The second-order valence-electron chi connectivity index (χ2n) is 6.17. The molecule has 2 heterocycles. The summed E-state index contributed by atoms with van der Waals surface area (Å²) in [5.74, 6) is -0.861. The van der Waals surface area contributed by atoms with Gasteiger partial charge in [0.25, 0.3) is 0 Å². The third-order valence-corrected chi connectivity index (χ3v) is 4.65. The molecule has 1 aliphatic heterocycles. The van der Waals surface area contributed by atoms with Crippen LogP contribution in [0.4, 0.5) is 0 Å². The molecule has 0 unspecified atom stereocenters. The molecule has 1 N–H and O–H groups in total. The lowest BCUT2D eigenvalue weighted by molar-refractivity contribution is 0.0697. The van der Waals surface area contributed by atoms with Gasteiger partial charge in [-0.3, -0.25) is 4.90 Å². The Labute approximate surface area is 131 Å². The van der Waals surface area contributed by atoms with Gasteiger partial charge in [0.15, 0.2) is 0 Å². The fourth-order valence-corrected chi connectivity index (χ4v) is 3.42. The van der Waals surface area contributed by atoms with Gasteiger partial charge in [-0.25, -0.2) is 4.79 Å². The van der Waals surface area contributed by atoms with Crippen LogP contribution in [0.15, 0.2) is 24.4 Å². The first-order chi connectivity index (χ1) is 10.7. The zero-order valence-corrected chi connectivity index (χ0v) is 13.2. The molecule has 1 fully saturated rings. The van der Waals surface area contributed by atoms with Gasteiger partial charge in [0, 0.05) is 30.2 Å². The van der Waals surface area contributed by atoms with E-state index in [2.05, 4.69) is 22.6 Å². The second-order valence-corrected chi connectivity index (χ2v) is 6.17. The molecule has 0 saturated carbocycles. The van der Waals surface area contributed by atoms with E-state index in [4.69, 9.17) is 0 Å². The highest BCUT2D eigenvalue weighted by Gasteiger charge is 2.15. The Balaban J connectivity index is 1.93. The highest BCUT2D eigenvalue weighted by atomic mass is 16.4. The van der Waals surface area contributed by atoms with E-state index in [0.29, 0.717) is 5.56 Å². The molecule has 1 aromatic heterocycles. The van der Waals surface area contributed by atoms with Gasteiger partial charge in [0.05, 0.1) is 5.56 Å². The highest BCUT2D eigenvalue weighted by molar-refractivity contribution is 5.94. The lowest BCUT2D eigenvalue weighted by Crippen LogP contribution is -2.23. The van der Waals surface area contributed by atoms with E-state index in [9.17, 15) is 9.90 Å². The van der Waals surface area contributed by atoms with E-state index in [1.807, 2.05) is 6.07 Å². The summed E-state index contributed by atoms with van der Waals surface area (Å²) >= 11 is 0. The van der Waals surface area contributed by atoms with Crippen LogP contribution in [0.1, 0.15) is 48.5 Å². The Kier molecular flexibility index (Phi) is 4.48. The molecular formula is C18H24N2O2. The number of nitrogens with zero attached hydrogens (tertiary/aromatic N) is 2. The molecule has 0 aliphatic carbocycles. The summed E-state index contributed by atoms with van der Waals surface area (Å²) < 4.78 is 2.16. The zero-order chi connectivity index (χ0) is 15.5. The molecule has 0 radical (unpaired) electrons. The minimum Gasteiger partial charge on any atom is -0.478 e. The fraction of sp³-hybridized carbons (Fsp3) is 0.500. The van der Waals surface area contributed by atoms with Crippen molar-refractivity contribution in [3.63, 3.8) is 0 Å². The largest absolute Gasteiger partial charge is 0.478 e. The number of fused-ring (bicyclic) bond motifs is 1. The topological polar surface area (TPSA) is 45.5 Å². The maximum atomic E-state index is 11.2. The van der Waals surface area contributed by atoms with Gasteiger partial charge >= 0.3 is 5.97 Å². The number of carboxylic acid groups (broad SMARTS) is 1. The van der Waals surface area contributed by atoms with Crippen LogP contribution in [0.2, 0.25) is 0 Å². The minimum absolute atomic E-state index is 0.363. The van der Waals surface area contributed by atoms with Crippen LogP contribution in [0, 0.1) is 0 Å². The van der Waals surface area contributed by atoms with Crippen molar-refractivity contribution >= 4 is 16.9 Å². The van der Waals surface area contributed by atoms with Crippen LogP contribution in [0.5, 0.6) is 0 Å². The summed E-state index contributed by atoms with van der Waals surface area (Å²) in [6.07, 6.45) is 7.46. The molecular weight excluding hydrogens is 276 g/mol. The van der Waals surface area contributed by atoms with E-state index in [0.717, 1.165) is 18.6 Å². The maximum Gasteiger partial charge on any atom is 0.335 e. The zero-order valence-electron chi connectivity index (χ0n) is 13.2. The number of carboxylic acids is 1. The molecule has 118 valence electrons. The molecule has 3 rings (SSSR count). The van der Waals surface area contributed by atoms with Crippen LogP contribution in [-0.4, -0.2) is 33.6 Å². The normalized spacial score (nSPS) is 16.8. The van der Waals surface area contributed by atoms with E-state index < -0.39 is 5.97 Å². The molecule has 1 aromatic carbocycles. The van der Waals surface area contributed by atoms with Crippen molar-refractivity contribution in [3.05, 3.63) is 35.5 Å². The van der Waals surface area contributed by atoms with Crippen LogP contribution in [0.3, 0.4) is 0 Å². The van der Waals surface area contributed by atoms with Crippen LogP contribution >= 0.6 is 0 Å². The average Bonchev–Trinajstić information content (AvgIpc) is 2.69. The number of carbonyl (C=O) groups is 1. The summed E-state index contributed by atoms with van der Waals surface area (Å²) in [5, 5.41) is 10.4. The lowest BCUT2D eigenvalue weighted by atomic mass is 10.1. The second kappa shape index (κ2) is 6.53. The third kappa shape index (κ3) is 3.02. The van der Waals surface area contributed by atoms with E-state index in [1.54, 1.807) is 12.1 Å². The minimum atomic E-state index is -0.861. The third-order valence-electron chi connectivity index (χ3n) is 4.65. The van der Waals surface area contributed by atoms with Crippen molar-refractivity contribution in [2.75, 3.05) is 13.1 Å². The Hall–Kier alpha value is -1.81. The van der Waals surface area contributed by atoms with Crippen molar-refractivity contribution in [1.82, 2.24) is 9.47 Å². The number of hydrogen-bond donors (Lipinski definition) is 1. The Morgan fingerprint density at radius 1 is 1.18 bits per heavy atom. The first-order valence-electron chi connectivity index (χ1n) is 8.26. The molecule has 0 atom stereocenters. The number of rotatable bonds is 4.